The van der Waals surface area contributed by atoms with E-state index in [-0.39, 0.29) is 0 Å². The summed E-state index contributed by atoms with van der Waals surface area (Å²) < 4.78 is 7.75. The van der Waals surface area contributed by atoms with Gasteiger partial charge in [-0.2, -0.15) is 0 Å². The van der Waals surface area contributed by atoms with E-state index in [0.29, 0.717) is 12.5 Å². The zero-order valence-electron chi connectivity index (χ0n) is 7.59. The topological polar surface area (TPSA) is 35.2 Å². The lowest BCUT2D eigenvalue weighted by molar-refractivity contribution is 0.225. The summed E-state index contributed by atoms with van der Waals surface area (Å²) in [6.07, 6.45) is 1.00. The van der Waals surface area contributed by atoms with E-state index in [1.807, 2.05) is 6.07 Å². The van der Waals surface area contributed by atoms with Gasteiger partial charge in [0.25, 0.3) is 0 Å². The highest BCUT2D eigenvalue weighted by atomic mass is 79.9. The molecular formula is C10H11Br2NO. The fourth-order valence-electron chi connectivity index (χ4n) is 1.65. The Hall–Kier alpha value is -0.0600. The first-order valence-corrected chi connectivity index (χ1v) is 6.10. The molecule has 0 saturated heterocycles. The summed E-state index contributed by atoms with van der Waals surface area (Å²) in [7, 11) is 0. The third kappa shape index (κ3) is 1.97. The van der Waals surface area contributed by atoms with E-state index < -0.39 is 0 Å². The monoisotopic (exact) mass is 319 g/mol. The first-order chi connectivity index (χ1) is 6.70. The number of fused-ring (bicyclic) bond motifs is 1. The lowest BCUT2D eigenvalue weighted by atomic mass is 9.97. The molecule has 76 valence electrons. The van der Waals surface area contributed by atoms with Crippen LogP contribution in [0.25, 0.3) is 0 Å². The van der Waals surface area contributed by atoms with E-state index in [1.54, 1.807) is 0 Å². The Morgan fingerprint density at radius 1 is 1.43 bits per heavy atom. The van der Waals surface area contributed by atoms with E-state index in [0.717, 1.165) is 27.7 Å². The van der Waals surface area contributed by atoms with Crippen LogP contribution < -0.4 is 10.5 Å². The second-order valence-electron chi connectivity index (χ2n) is 3.49. The average Bonchev–Trinajstić information content (AvgIpc) is 2.16. The summed E-state index contributed by atoms with van der Waals surface area (Å²) in [5.74, 6) is 1.42. The molecule has 2 N–H and O–H groups in total. The molecule has 2 nitrogen and oxygen atoms in total. The highest BCUT2D eigenvalue weighted by Crippen LogP contribution is 2.36. The fraction of sp³-hybridized carbons (Fsp3) is 0.400. The minimum Gasteiger partial charge on any atom is -0.492 e. The van der Waals surface area contributed by atoms with E-state index in [9.17, 15) is 0 Å². The van der Waals surface area contributed by atoms with Crippen molar-refractivity contribution in [2.45, 2.75) is 6.42 Å². The van der Waals surface area contributed by atoms with Crippen LogP contribution in [0.15, 0.2) is 21.1 Å². The molecule has 0 saturated carbocycles. The van der Waals surface area contributed by atoms with Crippen molar-refractivity contribution in [3.63, 3.8) is 0 Å². The third-order valence-electron chi connectivity index (χ3n) is 2.39. The Balaban J connectivity index is 2.37. The molecular weight excluding hydrogens is 310 g/mol. The minimum atomic E-state index is 0.448. The minimum absolute atomic E-state index is 0.448. The maximum atomic E-state index is 5.67. The van der Waals surface area contributed by atoms with Gasteiger partial charge in [0.05, 0.1) is 11.1 Å². The Kier molecular flexibility index (Phi) is 3.14. The first kappa shape index (κ1) is 10.5. The van der Waals surface area contributed by atoms with Crippen molar-refractivity contribution in [3.05, 3.63) is 26.6 Å². The average molecular weight is 321 g/mol. The number of rotatable bonds is 1. The van der Waals surface area contributed by atoms with Gasteiger partial charge in [-0.15, -0.1) is 0 Å². The zero-order chi connectivity index (χ0) is 10.1. The number of hydrogen-bond donors (Lipinski definition) is 1. The SMILES string of the molecule is NC[C@H]1COc2c(Br)cc(Br)cc2C1. The molecule has 4 heteroatoms. The number of halogens is 2. The van der Waals surface area contributed by atoms with Gasteiger partial charge in [-0.25, -0.2) is 0 Å². The lowest BCUT2D eigenvalue weighted by Crippen LogP contribution is -2.27. The number of nitrogens with two attached hydrogens (primary N) is 1. The van der Waals surface area contributed by atoms with Crippen LogP contribution >= 0.6 is 31.9 Å². The number of ether oxygens (including phenoxy) is 1. The van der Waals surface area contributed by atoms with Crippen molar-refractivity contribution < 1.29 is 4.74 Å². The molecule has 1 aliphatic rings. The van der Waals surface area contributed by atoms with Crippen LogP contribution in [0.1, 0.15) is 5.56 Å². The molecule has 1 heterocycles. The Morgan fingerprint density at radius 3 is 2.93 bits per heavy atom. The van der Waals surface area contributed by atoms with Gasteiger partial charge in [-0.3, -0.25) is 0 Å². The van der Waals surface area contributed by atoms with Gasteiger partial charge in [0, 0.05) is 10.4 Å². The van der Waals surface area contributed by atoms with Crippen LogP contribution in [0.2, 0.25) is 0 Å². The maximum absolute atomic E-state index is 5.67. The number of benzene rings is 1. The molecule has 14 heavy (non-hydrogen) atoms. The van der Waals surface area contributed by atoms with Gasteiger partial charge >= 0.3 is 0 Å². The first-order valence-electron chi connectivity index (χ1n) is 4.51. The quantitative estimate of drug-likeness (QED) is 0.863. The Labute approximate surface area is 100 Å². The standard InChI is InChI=1S/C10H11Br2NO/c11-8-2-7-1-6(4-13)5-14-10(7)9(12)3-8/h2-3,6H,1,4-5,13H2/t6-/m0/s1. The summed E-state index contributed by atoms with van der Waals surface area (Å²) in [5.41, 5.74) is 6.86. The van der Waals surface area contributed by atoms with E-state index in [2.05, 4.69) is 37.9 Å². The van der Waals surface area contributed by atoms with E-state index in [4.69, 9.17) is 10.5 Å². The van der Waals surface area contributed by atoms with Gasteiger partial charge < -0.3 is 10.5 Å². The fourth-order valence-corrected chi connectivity index (χ4v) is 3.08. The predicted molar refractivity (Wildman–Crippen MR) is 63.6 cm³/mol. The summed E-state index contributed by atoms with van der Waals surface area (Å²) in [6.45, 7) is 1.41. The van der Waals surface area contributed by atoms with E-state index >= 15 is 0 Å². The highest BCUT2D eigenvalue weighted by molar-refractivity contribution is 9.11. The van der Waals surface area contributed by atoms with Crippen molar-refractivity contribution in [1.82, 2.24) is 0 Å². The molecule has 0 unspecified atom stereocenters. The van der Waals surface area contributed by atoms with Crippen LogP contribution in [0.5, 0.6) is 5.75 Å². The third-order valence-corrected chi connectivity index (χ3v) is 3.44. The zero-order valence-corrected chi connectivity index (χ0v) is 10.8. The Morgan fingerprint density at radius 2 is 2.21 bits per heavy atom. The molecule has 0 spiro atoms. The van der Waals surface area contributed by atoms with Gasteiger partial charge in [0.15, 0.2) is 0 Å². The van der Waals surface area contributed by atoms with Crippen molar-refractivity contribution >= 4 is 31.9 Å². The smallest absolute Gasteiger partial charge is 0.136 e. The van der Waals surface area contributed by atoms with Gasteiger partial charge in [-0.05, 0) is 46.6 Å². The van der Waals surface area contributed by atoms with Gasteiger partial charge in [0.1, 0.15) is 5.75 Å². The van der Waals surface area contributed by atoms with Crippen molar-refractivity contribution in [2.24, 2.45) is 11.7 Å². The molecule has 0 bridgehead atoms. The van der Waals surface area contributed by atoms with Crippen molar-refractivity contribution in [3.8, 4) is 5.75 Å². The molecule has 0 amide bonds. The molecule has 1 aromatic carbocycles. The van der Waals surface area contributed by atoms with Crippen LogP contribution in [-0.2, 0) is 6.42 Å². The molecule has 2 rings (SSSR count). The molecule has 1 atom stereocenters. The summed E-state index contributed by atoms with van der Waals surface area (Å²) in [5, 5.41) is 0. The summed E-state index contributed by atoms with van der Waals surface area (Å²) in [6, 6.07) is 4.10. The van der Waals surface area contributed by atoms with Gasteiger partial charge in [0.2, 0.25) is 0 Å². The molecule has 1 aromatic rings. The number of hydrogen-bond acceptors (Lipinski definition) is 2. The van der Waals surface area contributed by atoms with Crippen molar-refractivity contribution in [1.29, 1.82) is 0 Å². The second kappa shape index (κ2) is 4.21. The molecule has 0 radical (unpaired) electrons. The lowest BCUT2D eigenvalue weighted by Gasteiger charge is -2.25. The summed E-state index contributed by atoms with van der Waals surface area (Å²) in [4.78, 5) is 0. The van der Waals surface area contributed by atoms with Crippen LogP contribution in [0.4, 0.5) is 0 Å². The highest BCUT2D eigenvalue weighted by Gasteiger charge is 2.20. The molecule has 0 fully saturated rings. The molecule has 0 aliphatic carbocycles. The second-order valence-corrected chi connectivity index (χ2v) is 5.26. The maximum Gasteiger partial charge on any atom is 0.136 e. The van der Waals surface area contributed by atoms with Crippen molar-refractivity contribution in [2.75, 3.05) is 13.2 Å². The predicted octanol–water partition coefficient (Wildman–Crippen LogP) is 2.72. The molecule has 1 aliphatic heterocycles. The largest absolute Gasteiger partial charge is 0.492 e. The molecule has 0 aromatic heterocycles. The van der Waals surface area contributed by atoms with Crippen LogP contribution in [0.3, 0.4) is 0 Å². The Bertz CT molecular complexity index is 354. The van der Waals surface area contributed by atoms with Crippen LogP contribution in [0, 0.1) is 5.92 Å². The normalized spacial score (nSPS) is 20.1. The van der Waals surface area contributed by atoms with Gasteiger partial charge in [-0.1, -0.05) is 15.9 Å². The summed E-state index contributed by atoms with van der Waals surface area (Å²) >= 11 is 6.95. The van der Waals surface area contributed by atoms with E-state index in [1.165, 1.54) is 5.56 Å². The van der Waals surface area contributed by atoms with Crippen LogP contribution in [-0.4, -0.2) is 13.2 Å².